The zero-order valence-corrected chi connectivity index (χ0v) is 13.9. The standard InChI is InChI=1S/C19H17ClN2O2/c1-13(23)22-16(9-7-14-5-3-2-4-6-14)12-18(21-22)17-11-15(20)8-10-19(17)24/h2-11,16,24H,12H2,1H3/b9-7+. The quantitative estimate of drug-likeness (QED) is 0.915. The highest BCUT2D eigenvalue weighted by atomic mass is 35.5. The van der Waals surface area contributed by atoms with E-state index in [9.17, 15) is 9.90 Å². The lowest BCUT2D eigenvalue weighted by Crippen LogP contribution is -2.29. The highest BCUT2D eigenvalue weighted by Crippen LogP contribution is 2.28. The molecular formula is C19H17ClN2O2. The van der Waals surface area contributed by atoms with Gasteiger partial charge in [0.15, 0.2) is 0 Å². The van der Waals surface area contributed by atoms with Crippen LogP contribution in [0.1, 0.15) is 24.5 Å². The van der Waals surface area contributed by atoms with Crippen molar-refractivity contribution in [3.05, 3.63) is 70.8 Å². The highest BCUT2D eigenvalue weighted by Gasteiger charge is 2.29. The summed E-state index contributed by atoms with van der Waals surface area (Å²) < 4.78 is 0. The Bertz CT molecular complexity index is 815. The molecule has 3 rings (SSSR count). The summed E-state index contributed by atoms with van der Waals surface area (Å²) in [5.74, 6) is -0.0384. The fourth-order valence-electron chi connectivity index (χ4n) is 2.67. The normalized spacial score (nSPS) is 17.3. The SMILES string of the molecule is CC(=O)N1N=C(c2cc(Cl)ccc2O)CC1/C=C/c1ccccc1. The molecule has 0 radical (unpaired) electrons. The van der Waals surface area contributed by atoms with Crippen molar-refractivity contribution < 1.29 is 9.90 Å². The first-order chi connectivity index (χ1) is 11.5. The molecule has 2 aromatic carbocycles. The van der Waals surface area contributed by atoms with Gasteiger partial charge in [-0.15, -0.1) is 0 Å². The molecule has 1 heterocycles. The lowest BCUT2D eigenvalue weighted by Gasteiger charge is -2.16. The van der Waals surface area contributed by atoms with Crippen molar-refractivity contribution in [3.63, 3.8) is 0 Å². The molecular weight excluding hydrogens is 324 g/mol. The van der Waals surface area contributed by atoms with Gasteiger partial charge in [0.05, 0.1) is 11.8 Å². The van der Waals surface area contributed by atoms with Crippen LogP contribution < -0.4 is 0 Å². The number of amides is 1. The van der Waals surface area contributed by atoms with Crippen LogP contribution in [0.2, 0.25) is 5.02 Å². The number of benzene rings is 2. The molecule has 1 N–H and O–H groups in total. The number of halogens is 1. The Balaban J connectivity index is 1.87. The molecule has 0 saturated heterocycles. The smallest absolute Gasteiger partial charge is 0.240 e. The van der Waals surface area contributed by atoms with Crippen molar-refractivity contribution in [1.82, 2.24) is 5.01 Å². The van der Waals surface area contributed by atoms with Crippen LogP contribution >= 0.6 is 11.6 Å². The second-order valence-corrected chi connectivity index (χ2v) is 6.05. The van der Waals surface area contributed by atoms with Crippen LogP contribution in [0.15, 0.2) is 59.7 Å². The summed E-state index contributed by atoms with van der Waals surface area (Å²) in [5, 5.41) is 16.4. The number of rotatable bonds is 3. The third-order valence-electron chi connectivity index (χ3n) is 3.85. The van der Waals surface area contributed by atoms with Gasteiger partial charge in [0.1, 0.15) is 5.75 Å². The van der Waals surface area contributed by atoms with E-state index in [1.54, 1.807) is 12.1 Å². The lowest BCUT2D eigenvalue weighted by atomic mass is 10.0. The molecule has 1 aliphatic rings. The molecule has 4 nitrogen and oxygen atoms in total. The van der Waals surface area contributed by atoms with Crippen LogP contribution in [-0.4, -0.2) is 27.8 Å². The third-order valence-corrected chi connectivity index (χ3v) is 4.08. The molecule has 1 aliphatic heterocycles. The first-order valence-electron chi connectivity index (χ1n) is 7.64. The number of hydrazone groups is 1. The Labute approximate surface area is 145 Å². The van der Waals surface area contributed by atoms with Gasteiger partial charge in [-0.3, -0.25) is 4.79 Å². The van der Waals surface area contributed by atoms with Crippen molar-refractivity contribution in [2.75, 3.05) is 0 Å². The molecule has 5 heteroatoms. The minimum Gasteiger partial charge on any atom is -0.507 e. The molecule has 1 amide bonds. The van der Waals surface area contributed by atoms with Gasteiger partial charge in [0.2, 0.25) is 5.91 Å². The number of aromatic hydroxyl groups is 1. The van der Waals surface area contributed by atoms with Crippen molar-refractivity contribution in [2.45, 2.75) is 19.4 Å². The van der Waals surface area contributed by atoms with E-state index < -0.39 is 0 Å². The Morgan fingerprint density at radius 2 is 2.04 bits per heavy atom. The number of nitrogens with zero attached hydrogens (tertiary/aromatic N) is 2. The van der Waals surface area contributed by atoms with Gasteiger partial charge >= 0.3 is 0 Å². The van der Waals surface area contributed by atoms with Crippen molar-refractivity contribution in [3.8, 4) is 5.75 Å². The predicted octanol–water partition coefficient (Wildman–Crippen LogP) is 4.08. The highest BCUT2D eigenvalue weighted by molar-refractivity contribution is 6.31. The minimum atomic E-state index is -0.184. The lowest BCUT2D eigenvalue weighted by molar-refractivity contribution is -0.129. The first kappa shape index (κ1) is 16.3. The van der Waals surface area contributed by atoms with Crippen LogP contribution in [0.4, 0.5) is 0 Å². The van der Waals surface area contributed by atoms with Crippen LogP contribution in [0.25, 0.3) is 6.08 Å². The van der Waals surface area contributed by atoms with E-state index in [1.165, 1.54) is 18.0 Å². The van der Waals surface area contributed by atoms with E-state index in [-0.39, 0.29) is 17.7 Å². The molecule has 0 aromatic heterocycles. The molecule has 0 spiro atoms. The van der Waals surface area contributed by atoms with E-state index in [0.29, 0.717) is 22.7 Å². The molecule has 0 bridgehead atoms. The maximum absolute atomic E-state index is 11.9. The largest absolute Gasteiger partial charge is 0.507 e. The summed E-state index contributed by atoms with van der Waals surface area (Å²) in [6, 6.07) is 14.5. The summed E-state index contributed by atoms with van der Waals surface area (Å²) >= 11 is 6.01. The maximum atomic E-state index is 11.9. The monoisotopic (exact) mass is 340 g/mol. The van der Waals surface area contributed by atoms with Gasteiger partial charge in [0.25, 0.3) is 0 Å². The number of phenols is 1. The summed E-state index contributed by atoms with van der Waals surface area (Å²) in [6.07, 6.45) is 4.45. The van der Waals surface area contributed by atoms with Gasteiger partial charge < -0.3 is 5.11 Å². The summed E-state index contributed by atoms with van der Waals surface area (Å²) in [4.78, 5) is 11.9. The number of hydrogen-bond donors (Lipinski definition) is 1. The Morgan fingerprint density at radius 1 is 1.29 bits per heavy atom. The molecule has 24 heavy (non-hydrogen) atoms. The fraction of sp³-hybridized carbons (Fsp3) is 0.158. The third kappa shape index (κ3) is 3.49. The second kappa shape index (κ2) is 6.89. The topological polar surface area (TPSA) is 52.9 Å². The number of hydrogen-bond acceptors (Lipinski definition) is 3. The Hall–Kier alpha value is -2.59. The average molecular weight is 341 g/mol. The van der Waals surface area contributed by atoms with Crippen LogP contribution in [-0.2, 0) is 4.79 Å². The average Bonchev–Trinajstić information content (AvgIpc) is 3.00. The predicted molar refractivity (Wildman–Crippen MR) is 96.1 cm³/mol. The number of phenolic OH excluding ortho intramolecular Hbond substituents is 1. The zero-order valence-electron chi connectivity index (χ0n) is 13.2. The Kier molecular flexibility index (Phi) is 4.67. The molecule has 0 aliphatic carbocycles. The van der Waals surface area contributed by atoms with Crippen molar-refractivity contribution >= 4 is 29.3 Å². The van der Waals surface area contributed by atoms with E-state index in [2.05, 4.69) is 5.10 Å². The van der Waals surface area contributed by atoms with Crippen molar-refractivity contribution in [2.24, 2.45) is 5.10 Å². The van der Waals surface area contributed by atoms with E-state index in [0.717, 1.165) is 5.56 Å². The van der Waals surface area contributed by atoms with Gasteiger partial charge in [-0.25, -0.2) is 5.01 Å². The van der Waals surface area contributed by atoms with E-state index >= 15 is 0 Å². The molecule has 122 valence electrons. The van der Waals surface area contributed by atoms with Crippen molar-refractivity contribution in [1.29, 1.82) is 0 Å². The first-order valence-corrected chi connectivity index (χ1v) is 8.02. The fourth-order valence-corrected chi connectivity index (χ4v) is 2.84. The summed E-state index contributed by atoms with van der Waals surface area (Å²) in [6.45, 7) is 1.48. The summed E-state index contributed by atoms with van der Waals surface area (Å²) in [5.41, 5.74) is 2.26. The van der Waals surface area contributed by atoms with E-state index in [4.69, 9.17) is 11.6 Å². The second-order valence-electron chi connectivity index (χ2n) is 5.61. The molecule has 2 aromatic rings. The Morgan fingerprint density at radius 3 is 2.75 bits per heavy atom. The van der Waals surface area contributed by atoms with Crippen LogP contribution in [0, 0.1) is 0 Å². The molecule has 1 atom stereocenters. The van der Waals surface area contributed by atoms with Gasteiger partial charge in [-0.2, -0.15) is 5.10 Å². The van der Waals surface area contributed by atoms with Crippen LogP contribution in [0.3, 0.4) is 0 Å². The van der Waals surface area contributed by atoms with E-state index in [1.807, 2.05) is 42.5 Å². The van der Waals surface area contributed by atoms with Gasteiger partial charge in [0, 0.05) is 23.9 Å². The molecule has 0 fully saturated rings. The minimum absolute atomic E-state index is 0.106. The molecule has 0 saturated carbocycles. The molecule has 1 unspecified atom stereocenters. The summed E-state index contributed by atoms with van der Waals surface area (Å²) in [7, 11) is 0. The zero-order chi connectivity index (χ0) is 17.1. The number of carbonyl (C=O) groups is 1. The van der Waals surface area contributed by atoms with Gasteiger partial charge in [-0.05, 0) is 23.8 Å². The van der Waals surface area contributed by atoms with Crippen LogP contribution in [0.5, 0.6) is 5.75 Å². The van der Waals surface area contributed by atoms with Gasteiger partial charge in [-0.1, -0.05) is 54.1 Å². The maximum Gasteiger partial charge on any atom is 0.240 e. The number of carbonyl (C=O) groups excluding carboxylic acids is 1.